The molecule has 3 rings (SSSR count). The van der Waals surface area contributed by atoms with Crippen molar-refractivity contribution < 1.29 is 27.6 Å². The molecule has 2 aromatic rings. The van der Waals surface area contributed by atoms with Gasteiger partial charge in [0.2, 0.25) is 5.88 Å². The van der Waals surface area contributed by atoms with Crippen molar-refractivity contribution >= 4 is 11.6 Å². The number of carbonyl (C=O) groups is 1. The second-order valence-electron chi connectivity index (χ2n) is 6.37. The number of halogens is 3. The first kappa shape index (κ1) is 19.6. The molecule has 1 atom stereocenters. The van der Waals surface area contributed by atoms with Crippen LogP contribution in [-0.4, -0.2) is 39.9 Å². The normalized spacial score (nSPS) is 16.9. The number of hydrogen-bond donors (Lipinski definition) is 0. The summed E-state index contributed by atoms with van der Waals surface area (Å²) in [4.78, 5) is 28.5. The van der Waals surface area contributed by atoms with Crippen LogP contribution < -0.4 is 4.74 Å². The molecule has 28 heavy (non-hydrogen) atoms. The van der Waals surface area contributed by atoms with Crippen LogP contribution in [0.2, 0.25) is 0 Å². The second kappa shape index (κ2) is 7.45. The summed E-state index contributed by atoms with van der Waals surface area (Å²) in [5.74, 6) is -0.551. The number of pyridine rings is 1. The molecule has 2 heterocycles. The van der Waals surface area contributed by atoms with Crippen LogP contribution in [0.3, 0.4) is 0 Å². The summed E-state index contributed by atoms with van der Waals surface area (Å²) in [6.45, 7) is 1.98. The Balaban J connectivity index is 1.70. The molecule has 0 bridgehead atoms. The van der Waals surface area contributed by atoms with Gasteiger partial charge in [-0.15, -0.1) is 0 Å². The quantitative estimate of drug-likeness (QED) is 0.583. The zero-order valence-electron chi connectivity index (χ0n) is 14.8. The van der Waals surface area contributed by atoms with Gasteiger partial charge in [0.15, 0.2) is 0 Å². The monoisotopic (exact) mass is 395 g/mol. The highest BCUT2D eigenvalue weighted by Gasteiger charge is 2.33. The Morgan fingerprint density at radius 2 is 2.11 bits per heavy atom. The Kier molecular flexibility index (Phi) is 5.21. The number of nitro benzene ring substituents is 1. The van der Waals surface area contributed by atoms with Crippen molar-refractivity contribution in [3.05, 3.63) is 63.3 Å². The summed E-state index contributed by atoms with van der Waals surface area (Å²) in [6.07, 6.45) is -3.59. The van der Waals surface area contributed by atoms with Gasteiger partial charge in [0.05, 0.1) is 17.0 Å². The number of aromatic nitrogens is 1. The summed E-state index contributed by atoms with van der Waals surface area (Å²) in [6, 6.07) is 5.93. The fourth-order valence-corrected chi connectivity index (χ4v) is 3.05. The van der Waals surface area contributed by atoms with Crippen LogP contribution in [0.15, 0.2) is 36.5 Å². The number of hydrogen-bond acceptors (Lipinski definition) is 5. The van der Waals surface area contributed by atoms with E-state index in [-0.39, 0.29) is 35.1 Å². The summed E-state index contributed by atoms with van der Waals surface area (Å²) in [7, 11) is 0. The topological polar surface area (TPSA) is 85.6 Å². The molecule has 1 aromatic heterocycles. The van der Waals surface area contributed by atoms with E-state index < -0.39 is 22.8 Å². The summed E-state index contributed by atoms with van der Waals surface area (Å²) in [5, 5.41) is 11.0. The number of likely N-dealkylation sites (tertiary alicyclic amines) is 1. The van der Waals surface area contributed by atoms with Crippen LogP contribution in [0.25, 0.3) is 0 Å². The van der Waals surface area contributed by atoms with Crippen LogP contribution in [0.1, 0.15) is 27.9 Å². The summed E-state index contributed by atoms with van der Waals surface area (Å²) in [5.41, 5.74) is -0.532. The van der Waals surface area contributed by atoms with Gasteiger partial charge < -0.3 is 9.64 Å². The summed E-state index contributed by atoms with van der Waals surface area (Å²) >= 11 is 0. The lowest BCUT2D eigenvalue weighted by atomic mass is 10.1. The Morgan fingerprint density at radius 3 is 2.79 bits per heavy atom. The van der Waals surface area contributed by atoms with E-state index in [4.69, 9.17) is 4.74 Å². The van der Waals surface area contributed by atoms with Crippen LogP contribution in [-0.2, 0) is 6.18 Å². The number of nitrogens with zero attached hydrogens (tertiary/aromatic N) is 3. The van der Waals surface area contributed by atoms with Crippen LogP contribution in [0.4, 0.5) is 18.9 Å². The molecule has 1 amide bonds. The Bertz CT molecular complexity index is 917. The zero-order chi connectivity index (χ0) is 20.5. The van der Waals surface area contributed by atoms with E-state index in [1.54, 1.807) is 0 Å². The lowest BCUT2D eigenvalue weighted by molar-refractivity contribution is -0.385. The molecule has 10 heteroatoms. The van der Waals surface area contributed by atoms with Crippen molar-refractivity contribution in [1.29, 1.82) is 0 Å². The predicted molar refractivity (Wildman–Crippen MR) is 92.0 cm³/mol. The maximum absolute atomic E-state index is 12.8. The molecule has 148 valence electrons. The first-order chi connectivity index (χ1) is 13.2. The Morgan fingerprint density at radius 1 is 1.36 bits per heavy atom. The molecule has 1 aliphatic heterocycles. The number of rotatable bonds is 4. The van der Waals surface area contributed by atoms with Gasteiger partial charge in [0.1, 0.15) is 6.10 Å². The van der Waals surface area contributed by atoms with E-state index in [1.165, 1.54) is 30.0 Å². The van der Waals surface area contributed by atoms with Gasteiger partial charge >= 0.3 is 6.18 Å². The van der Waals surface area contributed by atoms with Crippen LogP contribution in [0, 0.1) is 17.0 Å². The molecular formula is C18H16F3N3O4. The highest BCUT2D eigenvalue weighted by atomic mass is 19.4. The van der Waals surface area contributed by atoms with Crippen molar-refractivity contribution in [3.63, 3.8) is 0 Å². The highest BCUT2D eigenvalue weighted by molar-refractivity contribution is 5.96. The molecule has 1 fully saturated rings. The lowest BCUT2D eigenvalue weighted by Crippen LogP contribution is -2.31. The number of carbonyl (C=O) groups excluding carboxylic acids is 1. The molecule has 0 aliphatic carbocycles. The molecule has 0 spiro atoms. The van der Waals surface area contributed by atoms with Crippen LogP contribution >= 0.6 is 0 Å². The molecule has 1 aliphatic rings. The van der Waals surface area contributed by atoms with Gasteiger partial charge in [-0.1, -0.05) is 6.07 Å². The zero-order valence-corrected chi connectivity index (χ0v) is 14.8. The minimum absolute atomic E-state index is 0.147. The third kappa shape index (κ3) is 4.05. The first-order valence-corrected chi connectivity index (χ1v) is 8.40. The smallest absolute Gasteiger partial charge is 0.416 e. The maximum atomic E-state index is 12.8. The van der Waals surface area contributed by atoms with Gasteiger partial charge in [-0.3, -0.25) is 14.9 Å². The Hall–Kier alpha value is -3.17. The fourth-order valence-electron chi connectivity index (χ4n) is 3.05. The van der Waals surface area contributed by atoms with E-state index in [0.29, 0.717) is 13.0 Å². The average molecular weight is 395 g/mol. The lowest BCUT2D eigenvalue weighted by Gasteiger charge is -2.18. The van der Waals surface area contributed by atoms with Gasteiger partial charge in [0, 0.05) is 42.4 Å². The van der Waals surface area contributed by atoms with Gasteiger partial charge in [-0.2, -0.15) is 13.2 Å². The Labute approximate surface area is 157 Å². The average Bonchev–Trinajstić information content (AvgIpc) is 3.09. The van der Waals surface area contributed by atoms with Crippen molar-refractivity contribution in [3.8, 4) is 5.88 Å². The highest BCUT2D eigenvalue weighted by Crippen LogP contribution is 2.31. The van der Waals surface area contributed by atoms with E-state index in [9.17, 15) is 28.1 Å². The largest absolute Gasteiger partial charge is 0.472 e. The molecule has 1 saturated heterocycles. The predicted octanol–water partition coefficient (Wildman–Crippen LogP) is 3.61. The number of ether oxygens (including phenoxy) is 1. The SMILES string of the molecule is Cc1c(C(=O)N2CCC(Oc3cc(C(F)(F)F)ccn3)C2)cccc1[N+](=O)[O-]. The number of alkyl halides is 3. The van der Waals surface area contributed by atoms with Gasteiger partial charge in [0.25, 0.3) is 11.6 Å². The molecule has 1 unspecified atom stereocenters. The second-order valence-corrected chi connectivity index (χ2v) is 6.37. The minimum Gasteiger partial charge on any atom is -0.472 e. The molecule has 0 saturated carbocycles. The molecular weight excluding hydrogens is 379 g/mol. The molecule has 1 aromatic carbocycles. The van der Waals surface area contributed by atoms with Crippen molar-refractivity contribution in [2.24, 2.45) is 0 Å². The summed E-state index contributed by atoms with van der Waals surface area (Å²) < 4.78 is 43.8. The molecule has 0 N–H and O–H groups in total. The molecule has 7 nitrogen and oxygen atoms in total. The molecule has 0 radical (unpaired) electrons. The number of nitro groups is 1. The van der Waals surface area contributed by atoms with E-state index in [1.807, 2.05) is 0 Å². The third-order valence-electron chi connectivity index (χ3n) is 4.51. The van der Waals surface area contributed by atoms with Gasteiger partial charge in [-0.05, 0) is 19.1 Å². The van der Waals surface area contributed by atoms with E-state index in [2.05, 4.69) is 4.98 Å². The van der Waals surface area contributed by atoms with Crippen molar-refractivity contribution in [2.75, 3.05) is 13.1 Å². The number of amides is 1. The minimum atomic E-state index is -4.50. The fraction of sp³-hybridized carbons (Fsp3) is 0.333. The van der Waals surface area contributed by atoms with Crippen molar-refractivity contribution in [2.45, 2.75) is 25.6 Å². The van der Waals surface area contributed by atoms with Crippen molar-refractivity contribution in [1.82, 2.24) is 9.88 Å². The van der Waals surface area contributed by atoms with Gasteiger partial charge in [-0.25, -0.2) is 4.98 Å². The number of benzene rings is 1. The van der Waals surface area contributed by atoms with Crippen LogP contribution in [0.5, 0.6) is 5.88 Å². The van der Waals surface area contributed by atoms with E-state index >= 15 is 0 Å². The maximum Gasteiger partial charge on any atom is 0.416 e. The third-order valence-corrected chi connectivity index (χ3v) is 4.51. The first-order valence-electron chi connectivity index (χ1n) is 8.40. The standard InChI is InChI=1S/C18H16F3N3O4/c1-11-14(3-2-4-15(11)24(26)27)17(25)23-8-6-13(10-23)28-16-9-12(5-7-22-16)18(19,20)21/h2-5,7,9,13H,6,8,10H2,1H3. The van der Waals surface area contributed by atoms with E-state index in [0.717, 1.165) is 18.3 Å².